The maximum Gasteiger partial charge on any atom is 0.0662 e. The molecule has 2 heteroatoms. The normalized spacial score (nSPS) is 30.2. The van der Waals surface area contributed by atoms with Gasteiger partial charge in [-0.3, -0.25) is 4.90 Å². The zero-order valence-electron chi connectivity index (χ0n) is 12.7. The van der Waals surface area contributed by atoms with E-state index in [0.717, 1.165) is 19.5 Å². The fourth-order valence-corrected chi connectivity index (χ4v) is 4.11. The Morgan fingerprint density at radius 3 is 2.67 bits per heavy atom. The highest BCUT2D eigenvalue weighted by molar-refractivity contribution is 5.21. The second kappa shape index (κ2) is 6.45. The van der Waals surface area contributed by atoms with E-state index in [1.165, 1.54) is 36.8 Å². The van der Waals surface area contributed by atoms with Crippen molar-refractivity contribution >= 4 is 0 Å². The summed E-state index contributed by atoms with van der Waals surface area (Å²) in [6, 6.07) is 13.8. The minimum absolute atomic E-state index is 0.170. The summed E-state index contributed by atoms with van der Waals surface area (Å²) >= 11 is 0. The van der Waals surface area contributed by atoms with Crippen LogP contribution in [-0.2, 0) is 6.54 Å². The van der Waals surface area contributed by atoms with Crippen LogP contribution < -0.4 is 0 Å². The van der Waals surface area contributed by atoms with Crippen LogP contribution in [-0.4, -0.2) is 17.5 Å². The standard InChI is InChI=1S/C19H24N2/c1-15-13-21(14-16-8-4-2-5-9-16)18-11-7-3-6-10-17(12-20)19(15)18/h2,4-5,8-9,17-19H,1,3,6-7,10-11,13-14H2/t17-,18-,19+/m1/s1. The first-order valence-corrected chi connectivity index (χ1v) is 8.15. The second-order valence-electron chi connectivity index (χ2n) is 6.52. The first kappa shape index (κ1) is 14.4. The molecule has 3 rings (SSSR count). The van der Waals surface area contributed by atoms with Crippen LogP contribution in [0.4, 0.5) is 0 Å². The van der Waals surface area contributed by atoms with Gasteiger partial charge in [0.1, 0.15) is 0 Å². The van der Waals surface area contributed by atoms with Crippen molar-refractivity contribution in [3.63, 3.8) is 0 Å². The van der Waals surface area contributed by atoms with Crippen LogP contribution in [0.3, 0.4) is 0 Å². The number of nitrogens with zero attached hydrogens (tertiary/aromatic N) is 2. The Balaban J connectivity index is 1.80. The Morgan fingerprint density at radius 1 is 1.14 bits per heavy atom. The summed E-state index contributed by atoms with van der Waals surface area (Å²) in [6.45, 7) is 6.25. The predicted octanol–water partition coefficient (Wildman–Crippen LogP) is 4.15. The summed E-state index contributed by atoms with van der Waals surface area (Å²) in [5.41, 5.74) is 2.64. The van der Waals surface area contributed by atoms with Crippen molar-refractivity contribution in [2.75, 3.05) is 6.54 Å². The van der Waals surface area contributed by atoms with Gasteiger partial charge in [0.15, 0.2) is 0 Å². The van der Waals surface area contributed by atoms with Crippen LogP contribution >= 0.6 is 0 Å². The summed E-state index contributed by atoms with van der Waals surface area (Å²) in [7, 11) is 0. The highest BCUT2D eigenvalue weighted by atomic mass is 15.2. The van der Waals surface area contributed by atoms with Crippen molar-refractivity contribution in [2.45, 2.75) is 44.7 Å². The van der Waals surface area contributed by atoms with Crippen molar-refractivity contribution in [3.8, 4) is 6.07 Å². The van der Waals surface area contributed by atoms with E-state index in [1.807, 2.05) is 0 Å². The Morgan fingerprint density at radius 2 is 1.90 bits per heavy atom. The summed E-state index contributed by atoms with van der Waals surface area (Å²) in [4.78, 5) is 2.55. The van der Waals surface area contributed by atoms with Crippen LogP contribution in [0, 0.1) is 23.2 Å². The van der Waals surface area contributed by atoms with E-state index in [1.54, 1.807) is 0 Å². The molecule has 1 aromatic carbocycles. The second-order valence-corrected chi connectivity index (χ2v) is 6.52. The van der Waals surface area contributed by atoms with Crippen LogP contribution in [0.5, 0.6) is 0 Å². The van der Waals surface area contributed by atoms with Crippen molar-refractivity contribution in [2.24, 2.45) is 11.8 Å². The molecule has 0 bridgehead atoms. The van der Waals surface area contributed by atoms with E-state index in [2.05, 4.69) is 47.9 Å². The molecule has 1 saturated heterocycles. The van der Waals surface area contributed by atoms with Gasteiger partial charge in [-0.15, -0.1) is 0 Å². The topological polar surface area (TPSA) is 27.0 Å². The van der Waals surface area contributed by atoms with Crippen molar-refractivity contribution in [1.29, 1.82) is 5.26 Å². The average Bonchev–Trinajstić information content (AvgIpc) is 2.75. The molecule has 0 unspecified atom stereocenters. The maximum absolute atomic E-state index is 9.54. The fraction of sp³-hybridized carbons (Fsp3) is 0.526. The van der Waals surface area contributed by atoms with E-state index in [9.17, 15) is 5.26 Å². The first-order valence-electron chi connectivity index (χ1n) is 8.15. The van der Waals surface area contributed by atoms with Gasteiger partial charge in [0, 0.05) is 25.0 Å². The molecule has 21 heavy (non-hydrogen) atoms. The lowest BCUT2D eigenvalue weighted by atomic mass is 9.78. The lowest BCUT2D eigenvalue weighted by Crippen LogP contribution is -2.35. The molecule has 1 aliphatic heterocycles. The van der Waals surface area contributed by atoms with Crippen LogP contribution in [0.2, 0.25) is 0 Å². The molecular formula is C19H24N2. The van der Waals surface area contributed by atoms with Crippen LogP contribution in [0.25, 0.3) is 0 Å². The van der Waals surface area contributed by atoms with Gasteiger partial charge in [-0.2, -0.15) is 5.26 Å². The quantitative estimate of drug-likeness (QED) is 0.761. The molecular weight excluding hydrogens is 256 g/mol. The number of likely N-dealkylation sites (tertiary alicyclic amines) is 1. The largest absolute Gasteiger partial charge is 0.292 e. The number of nitriles is 1. The SMILES string of the molecule is C=C1CN(Cc2ccccc2)[C@@H]2CCCCC[C@H](C#N)[C@H]12. The Labute approximate surface area is 128 Å². The summed E-state index contributed by atoms with van der Waals surface area (Å²) < 4.78 is 0. The highest BCUT2D eigenvalue weighted by Crippen LogP contribution is 2.40. The van der Waals surface area contributed by atoms with Gasteiger partial charge >= 0.3 is 0 Å². The van der Waals surface area contributed by atoms with Gasteiger partial charge in [0.2, 0.25) is 0 Å². The number of rotatable bonds is 2. The van der Waals surface area contributed by atoms with Gasteiger partial charge in [-0.1, -0.05) is 61.7 Å². The molecule has 1 aliphatic carbocycles. The van der Waals surface area contributed by atoms with Gasteiger partial charge in [-0.25, -0.2) is 0 Å². The first-order chi connectivity index (χ1) is 10.3. The van der Waals surface area contributed by atoms with Crippen molar-refractivity contribution < 1.29 is 0 Å². The number of hydrogen-bond donors (Lipinski definition) is 0. The minimum Gasteiger partial charge on any atom is -0.292 e. The van der Waals surface area contributed by atoms with Gasteiger partial charge < -0.3 is 0 Å². The average molecular weight is 280 g/mol. The molecule has 0 aromatic heterocycles. The Kier molecular flexibility index (Phi) is 4.41. The van der Waals surface area contributed by atoms with Crippen LogP contribution in [0.1, 0.15) is 37.7 Å². The minimum atomic E-state index is 0.170. The third-order valence-electron chi connectivity index (χ3n) is 5.10. The molecule has 0 amide bonds. The number of hydrogen-bond acceptors (Lipinski definition) is 2. The summed E-state index contributed by atoms with van der Waals surface area (Å²) in [5, 5.41) is 9.54. The summed E-state index contributed by atoms with van der Waals surface area (Å²) in [5.74, 6) is 0.558. The van der Waals surface area contributed by atoms with E-state index in [-0.39, 0.29) is 5.92 Å². The monoisotopic (exact) mass is 280 g/mol. The smallest absolute Gasteiger partial charge is 0.0662 e. The molecule has 2 fully saturated rings. The molecule has 0 N–H and O–H groups in total. The van der Waals surface area contributed by atoms with Gasteiger partial charge in [0.25, 0.3) is 0 Å². The molecule has 3 atom stereocenters. The predicted molar refractivity (Wildman–Crippen MR) is 85.5 cm³/mol. The summed E-state index contributed by atoms with van der Waals surface area (Å²) in [6.07, 6.45) is 6.03. The Bertz CT molecular complexity index is 528. The molecule has 1 saturated carbocycles. The lowest BCUT2D eigenvalue weighted by Gasteiger charge is -2.32. The maximum atomic E-state index is 9.54. The van der Waals surface area contributed by atoms with E-state index >= 15 is 0 Å². The third kappa shape index (κ3) is 3.04. The highest BCUT2D eigenvalue weighted by Gasteiger charge is 2.41. The molecule has 0 spiro atoms. The Hall–Kier alpha value is -1.59. The van der Waals surface area contributed by atoms with E-state index in [4.69, 9.17) is 0 Å². The molecule has 1 aromatic rings. The molecule has 1 heterocycles. The zero-order chi connectivity index (χ0) is 14.7. The lowest BCUT2D eigenvalue weighted by molar-refractivity contribution is 0.174. The zero-order valence-corrected chi connectivity index (χ0v) is 12.7. The van der Waals surface area contributed by atoms with Gasteiger partial charge in [0.05, 0.1) is 12.0 Å². The van der Waals surface area contributed by atoms with Crippen LogP contribution in [0.15, 0.2) is 42.5 Å². The molecule has 110 valence electrons. The fourth-order valence-electron chi connectivity index (χ4n) is 4.11. The van der Waals surface area contributed by atoms with Crippen molar-refractivity contribution in [1.82, 2.24) is 4.90 Å². The number of benzene rings is 1. The number of fused-ring (bicyclic) bond motifs is 1. The molecule has 2 nitrogen and oxygen atoms in total. The van der Waals surface area contributed by atoms with Gasteiger partial charge in [-0.05, 0) is 18.4 Å². The van der Waals surface area contributed by atoms with E-state index < -0.39 is 0 Å². The van der Waals surface area contributed by atoms with E-state index in [0.29, 0.717) is 12.0 Å². The third-order valence-corrected chi connectivity index (χ3v) is 5.10. The van der Waals surface area contributed by atoms with Crippen molar-refractivity contribution in [3.05, 3.63) is 48.0 Å². The molecule has 2 aliphatic rings. The molecule has 0 radical (unpaired) electrons.